The summed E-state index contributed by atoms with van der Waals surface area (Å²) in [4.78, 5) is 18.0. The maximum Gasteiger partial charge on any atom is 0.223 e. The van der Waals surface area contributed by atoms with Gasteiger partial charge in [0.25, 0.3) is 0 Å². The molecule has 0 aromatic heterocycles. The normalized spacial score (nSPS) is 29.2. The Hall–Kier alpha value is -2.53. The minimum absolute atomic E-state index is 0.0392. The molecule has 8 atom stereocenters. The fraction of sp³-hybridized carbons (Fsp3) is 0.457. The molecule has 4 aromatic rings. The number of nitrogens with zero attached hydrogens (tertiary/aromatic N) is 2. The molecule has 0 bridgehead atoms. The molecule has 4 aliphatic rings. The topological polar surface area (TPSA) is 23.6 Å². The van der Waals surface area contributed by atoms with Gasteiger partial charge in [-0.05, 0) is 147 Å². The van der Waals surface area contributed by atoms with Crippen molar-refractivity contribution in [2.45, 2.75) is 114 Å². The van der Waals surface area contributed by atoms with E-state index < -0.39 is 0 Å². The number of benzene rings is 4. The molecular weight excluding hydrogens is 738 g/mol. The number of halogens is 4. The average molecular weight is 791 g/mol. The van der Waals surface area contributed by atoms with Gasteiger partial charge >= 0.3 is 0 Å². The van der Waals surface area contributed by atoms with Crippen molar-refractivity contribution in [3.8, 4) is 0 Å². The zero-order chi connectivity index (χ0) is 37.1. The Morgan fingerprint density at radius 3 is 1.55 bits per heavy atom. The van der Waals surface area contributed by atoms with Crippen molar-refractivity contribution < 1.29 is 4.79 Å². The molecule has 2 aliphatic heterocycles. The molecule has 7 heteroatoms. The summed E-state index contributed by atoms with van der Waals surface area (Å²) < 4.78 is 0. The summed E-state index contributed by atoms with van der Waals surface area (Å²) in [6.45, 7) is 5.89. The van der Waals surface area contributed by atoms with Crippen molar-refractivity contribution in [2.75, 3.05) is 6.54 Å². The number of hydrogen-bond donors (Lipinski definition) is 0. The third-order valence-electron chi connectivity index (χ3n) is 12.5. The summed E-state index contributed by atoms with van der Waals surface area (Å²) in [6.07, 6.45) is 11.3. The first-order valence-electron chi connectivity index (χ1n) is 19.7. The van der Waals surface area contributed by atoms with Crippen LogP contribution in [0.25, 0.3) is 0 Å². The zero-order valence-corrected chi connectivity index (χ0v) is 34.0. The molecule has 2 aliphatic carbocycles. The molecule has 1 amide bonds. The standard InChI is InChI=1S/C23H25Cl2NO.C23H27Cl2N/c1-15-5-10-20(13-15)26-22(27)12-11-21(17-3-2-4-19(25)14-17)23(26)16-6-8-18(24)9-7-16;1-16-7-12-21(14-16)26-13-3-6-22(18-4-2-5-20(25)15-18)23(26)17-8-10-19(24)11-9-17/h2-4,6-9,14-15,20-21,23H,5,10-13H2,1H3;2,4-5,8-11,15-16,21-23H,3,6-7,12-14H2,1H3/t15-,20?,21+,23+;16-,21?,22-,23-/m01/s1. The predicted octanol–water partition coefficient (Wildman–Crippen LogP) is 13.7. The maximum absolute atomic E-state index is 13.1. The van der Waals surface area contributed by atoms with Crippen molar-refractivity contribution in [3.05, 3.63) is 139 Å². The Kier molecular flexibility index (Phi) is 12.8. The number of carbonyl (C=O) groups excluding carboxylic acids is 1. The first-order chi connectivity index (χ1) is 25.6. The molecule has 4 fully saturated rings. The van der Waals surface area contributed by atoms with Crippen LogP contribution in [0.4, 0.5) is 0 Å². The lowest BCUT2D eigenvalue weighted by molar-refractivity contribution is -0.140. The second-order valence-corrected chi connectivity index (χ2v) is 17.9. The van der Waals surface area contributed by atoms with Crippen LogP contribution >= 0.6 is 46.4 Å². The van der Waals surface area contributed by atoms with Crippen LogP contribution in [0.2, 0.25) is 20.1 Å². The summed E-state index contributed by atoms with van der Waals surface area (Å²) >= 11 is 24.9. The molecule has 0 N–H and O–H groups in total. The van der Waals surface area contributed by atoms with E-state index in [1.807, 2.05) is 42.5 Å². The average Bonchev–Trinajstić information content (AvgIpc) is 3.80. The monoisotopic (exact) mass is 788 g/mol. The molecule has 0 spiro atoms. The fourth-order valence-electron chi connectivity index (χ4n) is 9.99. The van der Waals surface area contributed by atoms with E-state index in [4.69, 9.17) is 46.4 Å². The van der Waals surface area contributed by atoms with E-state index >= 15 is 0 Å². The summed E-state index contributed by atoms with van der Waals surface area (Å²) in [6, 6.07) is 34.6. The van der Waals surface area contributed by atoms with Crippen LogP contribution in [0.3, 0.4) is 0 Å². The minimum Gasteiger partial charge on any atom is -0.332 e. The van der Waals surface area contributed by atoms with E-state index in [9.17, 15) is 4.79 Å². The van der Waals surface area contributed by atoms with Crippen molar-refractivity contribution in [1.82, 2.24) is 9.80 Å². The van der Waals surface area contributed by atoms with Gasteiger partial charge in [-0.25, -0.2) is 0 Å². The molecule has 2 saturated heterocycles. The predicted molar refractivity (Wildman–Crippen MR) is 222 cm³/mol. The Labute approximate surface area is 337 Å². The number of piperidine rings is 2. The molecular formula is C46H52Cl4N2O. The van der Waals surface area contributed by atoms with E-state index in [0.29, 0.717) is 36.4 Å². The third kappa shape index (κ3) is 9.13. The van der Waals surface area contributed by atoms with E-state index in [0.717, 1.165) is 50.8 Å². The van der Waals surface area contributed by atoms with Gasteiger partial charge in [0.05, 0.1) is 6.04 Å². The van der Waals surface area contributed by atoms with Crippen molar-refractivity contribution in [1.29, 1.82) is 0 Å². The van der Waals surface area contributed by atoms with Gasteiger partial charge in [-0.3, -0.25) is 9.69 Å². The number of hydrogen-bond acceptors (Lipinski definition) is 2. The van der Waals surface area contributed by atoms with Crippen LogP contribution in [-0.2, 0) is 4.79 Å². The largest absolute Gasteiger partial charge is 0.332 e. The van der Waals surface area contributed by atoms with Crippen LogP contribution in [0.5, 0.6) is 0 Å². The van der Waals surface area contributed by atoms with Crippen molar-refractivity contribution in [2.24, 2.45) is 11.8 Å². The molecule has 2 saturated carbocycles. The molecule has 280 valence electrons. The maximum atomic E-state index is 13.1. The highest BCUT2D eigenvalue weighted by molar-refractivity contribution is 6.31. The summed E-state index contributed by atoms with van der Waals surface area (Å²) in [5.74, 6) is 2.54. The van der Waals surface area contributed by atoms with Gasteiger partial charge in [-0.1, -0.05) is 109 Å². The summed E-state index contributed by atoms with van der Waals surface area (Å²) in [5, 5.41) is 3.12. The number of rotatable bonds is 6. The van der Waals surface area contributed by atoms with Gasteiger partial charge < -0.3 is 4.90 Å². The lowest BCUT2D eigenvalue weighted by atomic mass is 9.79. The van der Waals surface area contributed by atoms with Gasteiger partial charge in [0.2, 0.25) is 5.91 Å². The van der Waals surface area contributed by atoms with E-state index in [2.05, 4.69) is 78.2 Å². The van der Waals surface area contributed by atoms with Crippen molar-refractivity contribution >= 4 is 52.3 Å². The number of carbonyl (C=O) groups is 1. The Morgan fingerprint density at radius 2 is 1.04 bits per heavy atom. The minimum atomic E-state index is 0.0392. The Bertz CT molecular complexity index is 1830. The highest BCUT2D eigenvalue weighted by atomic mass is 35.5. The highest BCUT2D eigenvalue weighted by Gasteiger charge is 2.43. The first-order valence-corrected chi connectivity index (χ1v) is 21.2. The molecule has 8 rings (SSSR count). The lowest BCUT2D eigenvalue weighted by Gasteiger charge is -2.45. The van der Waals surface area contributed by atoms with Gasteiger partial charge in [0.1, 0.15) is 0 Å². The van der Waals surface area contributed by atoms with Crippen molar-refractivity contribution in [3.63, 3.8) is 0 Å². The smallest absolute Gasteiger partial charge is 0.223 e. The molecule has 2 unspecified atom stereocenters. The van der Waals surface area contributed by atoms with Crippen LogP contribution in [0.1, 0.15) is 124 Å². The fourth-order valence-corrected chi connectivity index (χ4v) is 10.6. The van der Waals surface area contributed by atoms with Crippen LogP contribution < -0.4 is 0 Å². The van der Waals surface area contributed by atoms with E-state index in [1.165, 1.54) is 61.8 Å². The van der Waals surface area contributed by atoms with Crippen LogP contribution in [0, 0.1) is 11.8 Å². The third-order valence-corrected chi connectivity index (χ3v) is 13.5. The molecule has 4 aromatic carbocycles. The second kappa shape index (κ2) is 17.5. The first kappa shape index (κ1) is 38.7. The van der Waals surface area contributed by atoms with E-state index in [-0.39, 0.29) is 17.9 Å². The number of likely N-dealkylation sites (tertiary alicyclic amines) is 2. The summed E-state index contributed by atoms with van der Waals surface area (Å²) in [5.41, 5.74) is 5.13. The molecule has 2 heterocycles. The van der Waals surface area contributed by atoms with Gasteiger partial charge in [-0.2, -0.15) is 0 Å². The van der Waals surface area contributed by atoms with Crippen LogP contribution in [-0.4, -0.2) is 34.3 Å². The van der Waals surface area contributed by atoms with E-state index in [1.54, 1.807) is 0 Å². The SMILES string of the molecule is C[C@@H]1CCC(N2CCC[C@H](c3cccc(Cl)c3)[C@H]2c2ccc(Cl)cc2)C1.C[C@H]1CCC(N2C(=O)CC[C@H](c3cccc(Cl)c3)[C@H]2c2ccc(Cl)cc2)C1. The molecule has 53 heavy (non-hydrogen) atoms. The molecule has 0 radical (unpaired) electrons. The summed E-state index contributed by atoms with van der Waals surface area (Å²) in [7, 11) is 0. The second-order valence-electron chi connectivity index (χ2n) is 16.2. The Morgan fingerprint density at radius 1 is 0.528 bits per heavy atom. The van der Waals surface area contributed by atoms with Gasteiger partial charge in [-0.15, -0.1) is 0 Å². The molecule has 3 nitrogen and oxygen atoms in total. The quantitative estimate of drug-likeness (QED) is 0.194. The number of amides is 1. The highest BCUT2D eigenvalue weighted by Crippen LogP contribution is 2.48. The Balaban J connectivity index is 0.000000164. The van der Waals surface area contributed by atoms with Crippen LogP contribution in [0.15, 0.2) is 97.1 Å². The lowest BCUT2D eigenvalue weighted by Crippen LogP contribution is -2.47. The zero-order valence-electron chi connectivity index (χ0n) is 30.9. The van der Waals surface area contributed by atoms with Gasteiger partial charge in [0, 0.05) is 56.5 Å². The van der Waals surface area contributed by atoms with Gasteiger partial charge in [0.15, 0.2) is 0 Å².